The zero-order valence-electron chi connectivity index (χ0n) is 22.6. The van der Waals surface area contributed by atoms with Crippen molar-refractivity contribution in [3.63, 3.8) is 0 Å². The minimum atomic E-state index is -0.788. The first-order valence-electron chi connectivity index (χ1n) is 13.3. The number of nitrogens with zero attached hydrogens (tertiary/aromatic N) is 3. The summed E-state index contributed by atoms with van der Waals surface area (Å²) in [4.78, 5) is 6.13. The molecule has 1 aliphatic carbocycles. The molecule has 1 N–H and O–H groups in total. The molecule has 206 valence electrons. The summed E-state index contributed by atoms with van der Waals surface area (Å²) in [5.41, 5.74) is 3.46. The summed E-state index contributed by atoms with van der Waals surface area (Å²) in [5, 5.41) is 20.3. The Hall–Kier alpha value is -3.97. The minimum Gasteiger partial charge on any atom is -0.496 e. The van der Waals surface area contributed by atoms with Crippen LogP contribution >= 0.6 is 0 Å². The third-order valence-corrected chi connectivity index (χ3v) is 7.71. The summed E-state index contributed by atoms with van der Waals surface area (Å²) in [5.74, 6) is 0.412. The van der Waals surface area contributed by atoms with Crippen molar-refractivity contribution in [1.82, 2.24) is 9.88 Å². The molecule has 1 aliphatic heterocycles. The van der Waals surface area contributed by atoms with Crippen LogP contribution in [0.5, 0.6) is 11.5 Å². The normalized spacial score (nSPS) is 18.6. The summed E-state index contributed by atoms with van der Waals surface area (Å²) in [7, 11) is 5.12. The number of aromatic nitrogens is 1. The van der Waals surface area contributed by atoms with Gasteiger partial charge in [0.1, 0.15) is 35.4 Å². The van der Waals surface area contributed by atoms with Crippen LogP contribution in [0, 0.1) is 17.1 Å². The maximum absolute atomic E-state index is 15.5. The number of aliphatic hydroxyl groups is 1. The summed E-state index contributed by atoms with van der Waals surface area (Å²) >= 11 is 0. The molecule has 3 heterocycles. The van der Waals surface area contributed by atoms with E-state index < -0.39 is 12.0 Å². The van der Waals surface area contributed by atoms with Crippen molar-refractivity contribution in [3.05, 3.63) is 65.6 Å². The van der Waals surface area contributed by atoms with Gasteiger partial charge in [-0.2, -0.15) is 5.26 Å². The standard InChI is InChI=1S/C31H30FN3O5/c1-35(2)30(36)18-4-5-23(26(14-18)37-3)27-15-25-29(40-27)22(6-10-34-25)19-12-20(17-33)28(24(32)13-19)39-21-7-11-38-31(16-21)8-9-31/h4-6,10,12-15,21,30,36H,7-9,11,16H2,1-3H3. The van der Waals surface area contributed by atoms with Gasteiger partial charge in [0.25, 0.3) is 0 Å². The first-order valence-corrected chi connectivity index (χ1v) is 13.3. The van der Waals surface area contributed by atoms with E-state index in [1.54, 1.807) is 62.6 Å². The van der Waals surface area contributed by atoms with Crippen LogP contribution in [-0.2, 0) is 4.74 Å². The van der Waals surface area contributed by atoms with Gasteiger partial charge >= 0.3 is 0 Å². The highest BCUT2D eigenvalue weighted by Crippen LogP contribution is 2.47. The Labute approximate surface area is 231 Å². The minimum absolute atomic E-state index is 0.0240. The maximum atomic E-state index is 15.5. The average Bonchev–Trinajstić information content (AvgIpc) is 3.54. The molecule has 9 heteroatoms. The molecule has 1 saturated heterocycles. The smallest absolute Gasteiger partial charge is 0.173 e. The number of pyridine rings is 1. The Morgan fingerprint density at radius 2 is 2.00 bits per heavy atom. The van der Waals surface area contributed by atoms with Crippen LogP contribution in [0.25, 0.3) is 33.6 Å². The van der Waals surface area contributed by atoms with E-state index in [1.165, 1.54) is 6.07 Å². The Bertz CT molecular complexity index is 1620. The fourth-order valence-corrected chi connectivity index (χ4v) is 5.36. The molecule has 4 aromatic rings. The SMILES string of the molecule is COc1cc(C(O)N(C)C)ccc1-c1cc2nccc(-c3cc(F)c(OC4CCOC5(CC5)C4)c(C#N)c3)c2o1. The molecule has 0 amide bonds. The van der Waals surface area contributed by atoms with Gasteiger partial charge in [-0.05, 0) is 68.4 Å². The Morgan fingerprint density at radius 3 is 2.73 bits per heavy atom. The van der Waals surface area contributed by atoms with Gasteiger partial charge in [-0.3, -0.25) is 9.88 Å². The molecule has 2 fully saturated rings. The quantitative estimate of drug-likeness (QED) is 0.291. The molecule has 2 aliphatic rings. The van der Waals surface area contributed by atoms with E-state index in [9.17, 15) is 10.4 Å². The molecular weight excluding hydrogens is 513 g/mol. The van der Waals surface area contributed by atoms with Crippen LogP contribution in [0.15, 0.2) is 53.1 Å². The summed E-state index contributed by atoms with van der Waals surface area (Å²) in [6.07, 6.45) is 4.00. The zero-order chi connectivity index (χ0) is 28.0. The Kier molecular flexibility index (Phi) is 6.70. The third-order valence-electron chi connectivity index (χ3n) is 7.71. The van der Waals surface area contributed by atoms with Crippen molar-refractivity contribution >= 4 is 11.1 Å². The number of nitriles is 1. The van der Waals surface area contributed by atoms with Crippen molar-refractivity contribution in [2.24, 2.45) is 0 Å². The predicted molar refractivity (Wildman–Crippen MR) is 146 cm³/mol. The molecule has 2 unspecified atom stereocenters. The van der Waals surface area contributed by atoms with E-state index in [4.69, 9.17) is 18.6 Å². The third kappa shape index (κ3) is 4.79. The van der Waals surface area contributed by atoms with E-state index in [0.717, 1.165) is 12.8 Å². The molecule has 0 bridgehead atoms. The number of aliphatic hydroxyl groups excluding tert-OH is 1. The number of methoxy groups -OCH3 is 1. The lowest BCUT2D eigenvalue weighted by Crippen LogP contribution is -2.34. The lowest BCUT2D eigenvalue weighted by atomic mass is 10.0. The molecule has 2 aromatic heterocycles. The van der Waals surface area contributed by atoms with Gasteiger partial charge < -0.3 is 23.7 Å². The summed E-state index contributed by atoms with van der Waals surface area (Å²) in [6.45, 7) is 0.575. The van der Waals surface area contributed by atoms with E-state index in [0.29, 0.717) is 64.3 Å². The van der Waals surface area contributed by atoms with Crippen LogP contribution in [0.3, 0.4) is 0 Å². The van der Waals surface area contributed by atoms with Crippen molar-refractivity contribution in [2.45, 2.75) is 43.6 Å². The molecule has 2 aromatic carbocycles. The Balaban J connectivity index is 1.35. The van der Waals surface area contributed by atoms with Gasteiger partial charge in [0.15, 0.2) is 17.1 Å². The van der Waals surface area contributed by atoms with Gasteiger partial charge in [-0.25, -0.2) is 4.39 Å². The number of hydrogen-bond donors (Lipinski definition) is 1. The Morgan fingerprint density at radius 1 is 1.18 bits per heavy atom. The highest BCUT2D eigenvalue weighted by atomic mass is 19.1. The second-order valence-electron chi connectivity index (χ2n) is 10.7. The van der Waals surface area contributed by atoms with E-state index in [-0.39, 0.29) is 23.0 Å². The van der Waals surface area contributed by atoms with E-state index in [2.05, 4.69) is 11.1 Å². The number of benzene rings is 2. The largest absolute Gasteiger partial charge is 0.496 e. The fraction of sp³-hybridized carbons (Fsp3) is 0.355. The number of furan rings is 1. The zero-order valence-corrected chi connectivity index (χ0v) is 22.6. The van der Waals surface area contributed by atoms with Crippen molar-refractivity contribution in [1.29, 1.82) is 5.26 Å². The number of hydrogen-bond acceptors (Lipinski definition) is 8. The molecule has 40 heavy (non-hydrogen) atoms. The molecule has 8 nitrogen and oxygen atoms in total. The van der Waals surface area contributed by atoms with Gasteiger partial charge in [0.2, 0.25) is 0 Å². The van der Waals surface area contributed by atoms with Crippen molar-refractivity contribution in [2.75, 3.05) is 27.8 Å². The van der Waals surface area contributed by atoms with Gasteiger partial charge in [-0.15, -0.1) is 0 Å². The van der Waals surface area contributed by atoms with Crippen molar-refractivity contribution in [3.8, 4) is 40.0 Å². The fourth-order valence-electron chi connectivity index (χ4n) is 5.36. The number of rotatable bonds is 7. The number of ether oxygens (including phenoxy) is 3. The average molecular weight is 544 g/mol. The summed E-state index contributed by atoms with van der Waals surface area (Å²) in [6, 6.07) is 14.0. The molecule has 6 rings (SSSR count). The van der Waals surface area contributed by atoms with Crippen LogP contribution in [0.2, 0.25) is 0 Å². The van der Waals surface area contributed by atoms with E-state index >= 15 is 4.39 Å². The lowest BCUT2D eigenvalue weighted by Gasteiger charge is -2.30. The lowest BCUT2D eigenvalue weighted by molar-refractivity contribution is -0.0521. The molecule has 1 spiro atoms. The highest BCUT2D eigenvalue weighted by molar-refractivity contribution is 5.93. The van der Waals surface area contributed by atoms with Crippen molar-refractivity contribution < 1.29 is 28.1 Å². The first kappa shape index (κ1) is 26.3. The molecule has 0 radical (unpaired) electrons. The molecule has 1 saturated carbocycles. The molecular formula is C31H30FN3O5. The van der Waals surface area contributed by atoms with Crippen LogP contribution < -0.4 is 9.47 Å². The van der Waals surface area contributed by atoms with E-state index in [1.807, 2.05) is 6.07 Å². The highest BCUT2D eigenvalue weighted by Gasteiger charge is 2.48. The van der Waals surface area contributed by atoms with Gasteiger partial charge in [0, 0.05) is 30.7 Å². The predicted octanol–water partition coefficient (Wildman–Crippen LogP) is 5.82. The van der Waals surface area contributed by atoms with Crippen LogP contribution in [0.1, 0.15) is 43.0 Å². The second kappa shape index (κ2) is 10.2. The van der Waals surface area contributed by atoms with Crippen LogP contribution in [0.4, 0.5) is 4.39 Å². The van der Waals surface area contributed by atoms with Crippen LogP contribution in [-0.4, -0.2) is 54.5 Å². The van der Waals surface area contributed by atoms with Gasteiger partial charge in [0.05, 0.1) is 30.4 Å². The number of halogens is 1. The second-order valence-corrected chi connectivity index (χ2v) is 10.7. The number of fused-ring (bicyclic) bond motifs is 1. The molecule has 2 atom stereocenters. The van der Waals surface area contributed by atoms with Gasteiger partial charge in [-0.1, -0.05) is 6.07 Å². The summed E-state index contributed by atoms with van der Waals surface area (Å²) < 4.78 is 39.2. The topological polar surface area (TPSA) is 101 Å². The monoisotopic (exact) mass is 543 g/mol. The first-order chi connectivity index (χ1) is 19.3. The maximum Gasteiger partial charge on any atom is 0.173 e.